The highest BCUT2D eigenvalue weighted by molar-refractivity contribution is 6.00. The van der Waals surface area contributed by atoms with Gasteiger partial charge in [0.1, 0.15) is 0 Å². The van der Waals surface area contributed by atoms with Gasteiger partial charge in [-0.15, -0.1) is 0 Å². The first-order valence-electron chi connectivity index (χ1n) is 6.59. The summed E-state index contributed by atoms with van der Waals surface area (Å²) in [7, 11) is 0. The van der Waals surface area contributed by atoms with Crippen molar-refractivity contribution in [2.45, 2.75) is 6.92 Å². The molecule has 3 aromatic rings. The predicted molar refractivity (Wildman–Crippen MR) is 83.3 cm³/mol. The molecule has 0 saturated heterocycles. The van der Waals surface area contributed by atoms with Gasteiger partial charge in [-0.2, -0.15) is 0 Å². The average Bonchev–Trinajstić information content (AvgIpc) is 2.47. The summed E-state index contributed by atoms with van der Waals surface area (Å²) in [5, 5.41) is 0.595. The zero-order valence-electron chi connectivity index (χ0n) is 11.5. The van der Waals surface area contributed by atoms with E-state index in [9.17, 15) is 9.59 Å². The minimum atomic E-state index is -0.483. The average molecular weight is 278 g/mol. The fourth-order valence-electron chi connectivity index (χ4n) is 2.50. The fourth-order valence-corrected chi connectivity index (χ4v) is 2.50. The molecule has 3 rings (SSSR count). The van der Waals surface area contributed by atoms with Crippen molar-refractivity contribution in [3.8, 4) is 11.1 Å². The Morgan fingerprint density at radius 2 is 1.86 bits per heavy atom. The van der Waals surface area contributed by atoms with E-state index in [1.54, 1.807) is 24.3 Å². The van der Waals surface area contributed by atoms with Crippen LogP contribution in [0.5, 0.6) is 0 Å². The number of nitrogens with one attached hydrogen (secondary N) is 1. The zero-order chi connectivity index (χ0) is 15.0. The van der Waals surface area contributed by atoms with Gasteiger partial charge in [0.2, 0.25) is 5.91 Å². The lowest BCUT2D eigenvalue weighted by molar-refractivity contribution is 0.100. The Labute approximate surface area is 121 Å². The third kappa shape index (κ3) is 2.31. The standard InChI is InChI=1S/C17H14N2O2/c1-10-8-16(20)14-9-11(6-7-15(14)19-10)12-4-2-3-5-13(12)17(18)21/h2-9H,1H3,(H2,18,21)(H,19,20). The molecule has 104 valence electrons. The lowest BCUT2D eigenvalue weighted by Crippen LogP contribution is -2.12. The van der Waals surface area contributed by atoms with Gasteiger partial charge < -0.3 is 10.7 Å². The summed E-state index contributed by atoms with van der Waals surface area (Å²) >= 11 is 0. The molecular weight excluding hydrogens is 264 g/mol. The van der Waals surface area contributed by atoms with Crippen LogP contribution in [0.1, 0.15) is 16.1 Å². The maximum Gasteiger partial charge on any atom is 0.249 e. The first-order valence-corrected chi connectivity index (χ1v) is 6.59. The highest BCUT2D eigenvalue weighted by Gasteiger charge is 2.10. The van der Waals surface area contributed by atoms with Crippen molar-refractivity contribution in [3.63, 3.8) is 0 Å². The molecule has 3 N–H and O–H groups in total. The zero-order valence-corrected chi connectivity index (χ0v) is 11.5. The van der Waals surface area contributed by atoms with E-state index < -0.39 is 5.91 Å². The second-order valence-electron chi connectivity index (χ2n) is 4.99. The number of hydrogen-bond donors (Lipinski definition) is 2. The highest BCUT2D eigenvalue weighted by Crippen LogP contribution is 2.25. The van der Waals surface area contributed by atoms with Crippen LogP contribution in [-0.4, -0.2) is 10.9 Å². The Morgan fingerprint density at radius 3 is 2.62 bits per heavy atom. The van der Waals surface area contributed by atoms with Crippen molar-refractivity contribution in [2.24, 2.45) is 5.73 Å². The van der Waals surface area contributed by atoms with Crippen molar-refractivity contribution >= 4 is 16.8 Å². The second kappa shape index (κ2) is 4.90. The van der Waals surface area contributed by atoms with Crippen molar-refractivity contribution in [1.29, 1.82) is 0 Å². The molecule has 1 aromatic heterocycles. The number of aryl methyl sites for hydroxylation is 1. The Morgan fingerprint density at radius 1 is 1.10 bits per heavy atom. The van der Waals surface area contributed by atoms with E-state index >= 15 is 0 Å². The first kappa shape index (κ1) is 13.1. The number of rotatable bonds is 2. The number of aromatic nitrogens is 1. The molecule has 0 unspecified atom stereocenters. The molecule has 0 aliphatic rings. The van der Waals surface area contributed by atoms with Gasteiger partial charge in [-0.1, -0.05) is 24.3 Å². The fraction of sp³-hybridized carbons (Fsp3) is 0.0588. The van der Waals surface area contributed by atoms with Crippen LogP contribution in [0.2, 0.25) is 0 Å². The molecule has 0 radical (unpaired) electrons. The number of carbonyl (C=O) groups is 1. The summed E-state index contributed by atoms with van der Waals surface area (Å²) in [5.74, 6) is -0.483. The van der Waals surface area contributed by atoms with Gasteiger partial charge in [-0.3, -0.25) is 9.59 Å². The van der Waals surface area contributed by atoms with Crippen molar-refractivity contribution < 1.29 is 4.79 Å². The van der Waals surface area contributed by atoms with E-state index in [4.69, 9.17) is 5.73 Å². The van der Waals surface area contributed by atoms with Crippen LogP contribution in [0.4, 0.5) is 0 Å². The number of nitrogens with two attached hydrogens (primary N) is 1. The van der Waals surface area contributed by atoms with Crippen LogP contribution in [0.15, 0.2) is 53.3 Å². The molecule has 4 nitrogen and oxygen atoms in total. The normalized spacial score (nSPS) is 10.7. The van der Waals surface area contributed by atoms with Crippen LogP contribution >= 0.6 is 0 Å². The molecule has 1 amide bonds. The molecule has 2 aromatic carbocycles. The lowest BCUT2D eigenvalue weighted by atomic mass is 9.98. The minimum Gasteiger partial charge on any atom is -0.366 e. The van der Waals surface area contributed by atoms with Crippen LogP contribution in [0.3, 0.4) is 0 Å². The van der Waals surface area contributed by atoms with E-state index in [-0.39, 0.29) is 5.43 Å². The minimum absolute atomic E-state index is 0.0420. The van der Waals surface area contributed by atoms with E-state index in [2.05, 4.69) is 4.98 Å². The number of carbonyl (C=O) groups excluding carboxylic acids is 1. The molecule has 0 fully saturated rings. The summed E-state index contributed by atoms with van der Waals surface area (Å²) in [6.07, 6.45) is 0. The van der Waals surface area contributed by atoms with E-state index in [1.807, 2.05) is 31.2 Å². The van der Waals surface area contributed by atoms with Crippen molar-refractivity contribution in [2.75, 3.05) is 0 Å². The molecule has 0 spiro atoms. The highest BCUT2D eigenvalue weighted by atomic mass is 16.1. The van der Waals surface area contributed by atoms with E-state index in [1.165, 1.54) is 0 Å². The van der Waals surface area contributed by atoms with E-state index in [0.717, 1.165) is 22.3 Å². The van der Waals surface area contributed by atoms with Gasteiger partial charge in [0.25, 0.3) is 0 Å². The molecule has 0 aliphatic heterocycles. The lowest BCUT2D eigenvalue weighted by Gasteiger charge is -2.08. The number of primary amides is 1. The number of pyridine rings is 1. The Kier molecular flexibility index (Phi) is 3.06. The van der Waals surface area contributed by atoms with Crippen LogP contribution in [0.25, 0.3) is 22.0 Å². The smallest absolute Gasteiger partial charge is 0.249 e. The third-order valence-corrected chi connectivity index (χ3v) is 3.47. The van der Waals surface area contributed by atoms with Crippen molar-refractivity contribution in [3.05, 3.63) is 70.0 Å². The van der Waals surface area contributed by atoms with Crippen LogP contribution in [0, 0.1) is 6.92 Å². The topological polar surface area (TPSA) is 76.0 Å². The van der Waals surface area contributed by atoms with Gasteiger partial charge in [0, 0.05) is 28.2 Å². The van der Waals surface area contributed by atoms with Gasteiger partial charge in [-0.05, 0) is 36.2 Å². The number of benzene rings is 2. The first-order chi connectivity index (χ1) is 10.1. The summed E-state index contributed by atoms with van der Waals surface area (Å²) in [6, 6.07) is 14.2. The second-order valence-corrected chi connectivity index (χ2v) is 4.99. The third-order valence-electron chi connectivity index (χ3n) is 3.47. The molecule has 0 saturated carbocycles. The summed E-state index contributed by atoms with van der Waals surface area (Å²) < 4.78 is 0. The van der Waals surface area contributed by atoms with Crippen LogP contribution < -0.4 is 11.2 Å². The van der Waals surface area contributed by atoms with E-state index in [0.29, 0.717) is 10.9 Å². The molecule has 4 heteroatoms. The van der Waals surface area contributed by atoms with Gasteiger partial charge in [0.05, 0.1) is 0 Å². The number of amides is 1. The van der Waals surface area contributed by atoms with Gasteiger partial charge in [-0.25, -0.2) is 0 Å². The quantitative estimate of drug-likeness (QED) is 0.756. The molecule has 21 heavy (non-hydrogen) atoms. The molecule has 0 bridgehead atoms. The summed E-state index contributed by atoms with van der Waals surface area (Å²) in [4.78, 5) is 26.8. The van der Waals surface area contributed by atoms with Crippen LogP contribution in [-0.2, 0) is 0 Å². The number of aromatic amines is 1. The molecule has 0 aliphatic carbocycles. The maximum atomic E-state index is 12.1. The summed E-state index contributed by atoms with van der Waals surface area (Å²) in [5.41, 5.74) is 8.93. The summed E-state index contributed by atoms with van der Waals surface area (Å²) in [6.45, 7) is 1.84. The maximum absolute atomic E-state index is 12.1. The van der Waals surface area contributed by atoms with Crippen molar-refractivity contribution in [1.82, 2.24) is 4.98 Å². The largest absolute Gasteiger partial charge is 0.366 e. The SMILES string of the molecule is Cc1cc(=O)c2cc(-c3ccccc3C(N)=O)ccc2[nH]1. The Hall–Kier alpha value is -2.88. The Bertz CT molecular complexity index is 910. The number of hydrogen-bond acceptors (Lipinski definition) is 2. The van der Waals surface area contributed by atoms with Gasteiger partial charge in [0.15, 0.2) is 5.43 Å². The molecular formula is C17H14N2O2. The molecule has 1 heterocycles. The number of H-pyrrole nitrogens is 1. The Balaban J connectivity index is 2.28. The molecule has 0 atom stereocenters. The number of fused-ring (bicyclic) bond motifs is 1. The predicted octanol–water partition coefficient (Wildman–Crippen LogP) is 2.60. The monoisotopic (exact) mass is 278 g/mol. The van der Waals surface area contributed by atoms with Gasteiger partial charge >= 0.3 is 0 Å².